The first kappa shape index (κ1) is 9.94. The van der Waals surface area contributed by atoms with E-state index in [2.05, 4.69) is 10.2 Å². The summed E-state index contributed by atoms with van der Waals surface area (Å²) in [6, 6.07) is 0. The molecule has 0 spiro atoms. The highest BCUT2D eigenvalue weighted by Gasteiger charge is 1.77. The minimum absolute atomic E-state index is 0.774. The van der Waals surface area contributed by atoms with Crippen LogP contribution in [0.2, 0.25) is 0 Å². The van der Waals surface area contributed by atoms with E-state index in [1.807, 2.05) is 40.6 Å². The van der Waals surface area contributed by atoms with Crippen molar-refractivity contribution in [1.29, 1.82) is 0 Å². The van der Waals surface area contributed by atoms with Gasteiger partial charge in [0.2, 0.25) is 0 Å². The molecule has 0 saturated carbocycles. The van der Waals surface area contributed by atoms with Crippen LogP contribution in [0.3, 0.4) is 0 Å². The molecule has 11 heavy (non-hydrogen) atoms. The summed E-state index contributed by atoms with van der Waals surface area (Å²) in [5.74, 6) is 0. The summed E-state index contributed by atoms with van der Waals surface area (Å²) in [4.78, 5) is 0. The van der Waals surface area contributed by atoms with Crippen LogP contribution in [-0.4, -0.2) is 50.6 Å². The molecule has 0 saturated heterocycles. The molecule has 0 aromatic carbocycles. The molecule has 0 N–H and O–H groups in total. The van der Waals surface area contributed by atoms with Crippen molar-refractivity contribution in [3.63, 3.8) is 0 Å². The number of hydrogen-bond acceptors (Lipinski definition) is 4. The molecule has 0 aliphatic rings. The van der Waals surface area contributed by atoms with Crippen LogP contribution in [0.4, 0.5) is 0 Å². The maximum atomic E-state index is 4.02. The third-order valence-electron chi connectivity index (χ3n) is 0.836. The van der Waals surface area contributed by atoms with E-state index in [-0.39, 0.29) is 0 Å². The van der Waals surface area contributed by atoms with Gasteiger partial charge in [-0.2, -0.15) is 10.2 Å². The molecule has 0 aromatic heterocycles. The quantitative estimate of drug-likeness (QED) is 0.437. The largest absolute Gasteiger partial charge is 0.303 e. The van der Waals surface area contributed by atoms with Gasteiger partial charge in [-0.3, -0.25) is 0 Å². The molecular formula is C7H16N4. The molecule has 0 bridgehead atoms. The number of hydrazone groups is 2. The van der Waals surface area contributed by atoms with Crippen molar-refractivity contribution in [2.24, 2.45) is 10.2 Å². The van der Waals surface area contributed by atoms with Crippen LogP contribution in [0.15, 0.2) is 10.2 Å². The lowest BCUT2D eigenvalue weighted by atomic mass is 10.5. The zero-order valence-corrected chi connectivity index (χ0v) is 7.65. The first-order valence-electron chi connectivity index (χ1n) is 3.52. The van der Waals surface area contributed by atoms with E-state index in [1.54, 1.807) is 10.0 Å². The summed E-state index contributed by atoms with van der Waals surface area (Å²) in [6.07, 6.45) is 4.40. The van der Waals surface area contributed by atoms with Crippen molar-refractivity contribution < 1.29 is 0 Å². The second-order valence-electron chi connectivity index (χ2n) is 2.53. The van der Waals surface area contributed by atoms with Gasteiger partial charge in [0.25, 0.3) is 0 Å². The highest BCUT2D eigenvalue weighted by Crippen LogP contribution is 1.76. The molecule has 0 radical (unpaired) electrons. The smallest absolute Gasteiger partial charge is 0.0298 e. The van der Waals surface area contributed by atoms with E-state index in [0.717, 1.165) is 6.42 Å². The van der Waals surface area contributed by atoms with Crippen molar-refractivity contribution in [3.05, 3.63) is 0 Å². The Balaban J connectivity index is 3.41. The van der Waals surface area contributed by atoms with Gasteiger partial charge in [0.1, 0.15) is 0 Å². The average Bonchev–Trinajstić information content (AvgIpc) is 1.85. The molecule has 0 aliphatic carbocycles. The van der Waals surface area contributed by atoms with Crippen LogP contribution in [0, 0.1) is 0 Å². The fourth-order valence-corrected chi connectivity index (χ4v) is 0.468. The molecule has 64 valence electrons. The molecule has 0 heterocycles. The maximum absolute atomic E-state index is 4.02. The lowest BCUT2D eigenvalue weighted by molar-refractivity contribution is 0.437. The summed E-state index contributed by atoms with van der Waals surface area (Å²) < 4.78 is 0. The number of hydrogen-bond donors (Lipinski definition) is 0. The molecule has 0 aliphatic heterocycles. The molecule has 4 heteroatoms. The zero-order valence-electron chi connectivity index (χ0n) is 7.65. The molecule has 0 fully saturated rings. The topological polar surface area (TPSA) is 31.2 Å². The van der Waals surface area contributed by atoms with Gasteiger partial charge >= 0.3 is 0 Å². The predicted molar refractivity (Wildman–Crippen MR) is 49.0 cm³/mol. The summed E-state index contributed by atoms with van der Waals surface area (Å²) >= 11 is 0. The minimum Gasteiger partial charge on any atom is -0.303 e. The van der Waals surface area contributed by atoms with Crippen LogP contribution in [-0.2, 0) is 0 Å². The number of rotatable bonds is 4. The normalized spacial score (nSPS) is 11.3. The van der Waals surface area contributed by atoms with Crippen LogP contribution in [0.1, 0.15) is 6.42 Å². The van der Waals surface area contributed by atoms with Gasteiger partial charge in [-0.25, -0.2) is 0 Å². The second-order valence-corrected chi connectivity index (χ2v) is 2.53. The van der Waals surface area contributed by atoms with E-state index in [1.165, 1.54) is 0 Å². The van der Waals surface area contributed by atoms with Gasteiger partial charge in [-0.05, 0) is 0 Å². The fraction of sp³-hybridized carbons (Fsp3) is 0.714. The SMILES string of the molecule is CN(C)N=CCC=NN(C)C. The fourth-order valence-electron chi connectivity index (χ4n) is 0.468. The third kappa shape index (κ3) is 8.94. The third-order valence-corrected chi connectivity index (χ3v) is 0.836. The molecular weight excluding hydrogens is 140 g/mol. The van der Waals surface area contributed by atoms with Crippen LogP contribution in [0.25, 0.3) is 0 Å². The Morgan fingerprint density at radius 3 is 1.55 bits per heavy atom. The van der Waals surface area contributed by atoms with Crippen molar-refractivity contribution in [3.8, 4) is 0 Å². The van der Waals surface area contributed by atoms with E-state index in [0.29, 0.717) is 0 Å². The zero-order chi connectivity index (χ0) is 8.69. The summed E-state index contributed by atoms with van der Waals surface area (Å²) in [5.41, 5.74) is 0. The standard InChI is InChI=1S/C7H16N4/c1-10(2)8-6-5-7-9-11(3)4/h6-7H,5H2,1-4H3. The summed E-state index contributed by atoms with van der Waals surface area (Å²) in [7, 11) is 7.55. The Morgan fingerprint density at radius 2 is 1.27 bits per heavy atom. The Bertz CT molecular complexity index is 121. The van der Waals surface area contributed by atoms with E-state index < -0.39 is 0 Å². The second kappa shape index (κ2) is 5.70. The first-order valence-corrected chi connectivity index (χ1v) is 3.52. The highest BCUT2D eigenvalue weighted by atomic mass is 15.4. The van der Waals surface area contributed by atoms with Gasteiger partial charge in [-0.1, -0.05) is 0 Å². The lowest BCUT2D eigenvalue weighted by Gasteiger charge is -2.02. The Morgan fingerprint density at radius 1 is 0.909 bits per heavy atom. The highest BCUT2D eigenvalue weighted by molar-refractivity contribution is 5.78. The molecule has 0 unspecified atom stereocenters. The van der Waals surface area contributed by atoms with Crippen LogP contribution >= 0.6 is 0 Å². The van der Waals surface area contributed by atoms with Crippen molar-refractivity contribution in [2.45, 2.75) is 6.42 Å². The molecule has 4 nitrogen and oxygen atoms in total. The average molecular weight is 156 g/mol. The summed E-state index contributed by atoms with van der Waals surface area (Å²) in [5, 5.41) is 11.5. The van der Waals surface area contributed by atoms with Crippen LogP contribution < -0.4 is 0 Å². The summed E-state index contributed by atoms with van der Waals surface area (Å²) in [6.45, 7) is 0. The van der Waals surface area contributed by atoms with Crippen LogP contribution in [0.5, 0.6) is 0 Å². The van der Waals surface area contributed by atoms with E-state index in [4.69, 9.17) is 0 Å². The van der Waals surface area contributed by atoms with Gasteiger partial charge in [-0.15, -0.1) is 0 Å². The van der Waals surface area contributed by atoms with Gasteiger partial charge in [0.15, 0.2) is 0 Å². The van der Waals surface area contributed by atoms with Crippen molar-refractivity contribution >= 4 is 12.4 Å². The Labute approximate surface area is 68.2 Å². The minimum atomic E-state index is 0.774. The molecule has 0 atom stereocenters. The maximum Gasteiger partial charge on any atom is 0.0298 e. The van der Waals surface area contributed by atoms with E-state index >= 15 is 0 Å². The first-order chi connectivity index (χ1) is 5.13. The Kier molecular flexibility index (Phi) is 5.15. The Hall–Kier alpha value is -1.06. The molecule has 0 amide bonds. The van der Waals surface area contributed by atoms with E-state index in [9.17, 15) is 0 Å². The monoisotopic (exact) mass is 156 g/mol. The lowest BCUT2D eigenvalue weighted by Crippen LogP contribution is -2.03. The molecule has 0 aromatic rings. The van der Waals surface area contributed by atoms with Crippen molar-refractivity contribution in [2.75, 3.05) is 28.2 Å². The van der Waals surface area contributed by atoms with Gasteiger partial charge < -0.3 is 10.0 Å². The molecule has 0 rings (SSSR count). The van der Waals surface area contributed by atoms with Gasteiger partial charge in [0.05, 0.1) is 0 Å². The predicted octanol–water partition coefficient (Wildman–Crippen LogP) is 0.471. The van der Waals surface area contributed by atoms with Crippen molar-refractivity contribution in [1.82, 2.24) is 10.0 Å². The van der Waals surface area contributed by atoms with Gasteiger partial charge in [0, 0.05) is 47.0 Å². The number of nitrogens with zero attached hydrogens (tertiary/aromatic N) is 4.